The highest BCUT2D eigenvalue weighted by atomic mass is 32.2. The highest BCUT2D eigenvalue weighted by Crippen LogP contribution is 2.26. The zero-order valence-corrected chi connectivity index (χ0v) is 17.9. The molecule has 0 saturated carbocycles. The molecule has 0 spiro atoms. The average Bonchev–Trinajstić information content (AvgIpc) is 3.28. The molecule has 4 rings (SSSR count). The van der Waals surface area contributed by atoms with E-state index in [-0.39, 0.29) is 23.8 Å². The molecule has 0 unspecified atom stereocenters. The molecule has 0 aliphatic heterocycles. The number of furan rings is 1. The molecular weight excluding hydrogens is 414 g/mol. The van der Waals surface area contributed by atoms with Gasteiger partial charge in [0, 0.05) is 0 Å². The Labute approximate surface area is 183 Å². The Morgan fingerprint density at radius 3 is 2.81 bits per heavy atom. The topological polar surface area (TPSA) is 86.4 Å². The summed E-state index contributed by atoms with van der Waals surface area (Å²) >= 11 is 1.20. The average molecular weight is 436 g/mol. The summed E-state index contributed by atoms with van der Waals surface area (Å²) in [5.74, 6) is 1.08. The van der Waals surface area contributed by atoms with E-state index in [4.69, 9.17) is 9.15 Å². The normalized spacial score (nSPS) is 10.9. The van der Waals surface area contributed by atoms with Gasteiger partial charge in [0.1, 0.15) is 11.5 Å². The van der Waals surface area contributed by atoms with Crippen LogP contribution in [0.25, 0.3) is 10.9 Å². The number of fused-ring (bicyclic) bond motifs is 1. The highest BCUT2D eigenvalue weighted by Gasteiger charge is 2.15. The second kappa shape index (κ2) is 9.09. The number of carbonyl (C=O) groups is 1. The Balaban J connectivity index is 1.59. The predicted octanol–water partition coefficient (Wildman–Crippen LogP) is 4.09. The minimum Gasteiger partial charge on any atom is -0.495 e. The van der Waals surface area contributed by atoms with Crippen molar-refractivity contribution in [2.75, 3.05) is 18.2 Å². The summed E-state index contributed by atoms with van der Waals surface area (Å²) in [4.78, 5) is 30.3. The van der Waals surface area contributed by atoms with Crippen molar-refractivity contribution in [1.82, 2.24) is 9.55 Å². The van der Waals surface area contributed by atoms with Crippen LogP contribution < -0.4 is 15.6 Å². The number of methoxy groups -OCH3 is 1. The molecule has 31 heavy (non-hydrogen) atoms. The highest BCUT2D eigenvalue weighted by molar-refractivity contribution is 7.99. The van der Waals surface area contributed by atoms with Gasteiger partial charge >= 0.3 is 0 Å². The summed E-state index contributed by atoms with van der Waals surface area (Å²) in [6, 6.07) is 16.3. The molecule has 2 aromatic heterocycles. The van der Waals surface area contributed by atoms with Crippen LogP contribution in [0.15, 0.2) is 75.2 Å². The van der Waals surface area contributed by atoms with Crippen LogP contribution in [-0.2, 0) is 11.3 Å². The number of amides is 1. The number of hydrogen-bond donors (Lipinski definition) is 1. The number of aromatic nitrogens is 2. The molecule has 0 saturated heterocycles. The van der Waals surface area contributed by atoms with E-state index < -0.39 is 0 Å². The molecule has 2 heterocycles. The number of benzene rings is 2. The van der Waals surface area contributed by atoms with Gasteiger partial charge in [0.2, 0.25) is 5.91 Å². The number of anilines is 1. The van der Waals surface area contributed by atoms with Crippen LogP contribution in [0.5, 0.6) is 5.75 Å². The maximum Gasteiger partial charge on any atom is 0.262 e. The number of nitrogens with zero attached hydrogens (tertiary/aromatic N) is 2. The molecule has 2 aromatic carbocycles. The fourth-order valence-electron chi connectivity index (χ4n) is 3.19. The van der Waals surface area contributed by atoms with Gasteiger partial charge in [0.25, 0.3) is 5.56 Å². The lowest BCUT2D eigenvalue weighted by molar-refractivity contribution is -0.113. The van der Waals surface area contributed by atoms with Gasteiger partial charge in [-0.25, -0.2) is 4.98 Å². The molecule has 0 bridgehead atoms. The van der Waals surface area contributed by atoms with Crippen molar-refractivity contribution >= 4 is 34.3 Å². The van der Waals surface area contributed by atoms with Gasteiger partial charge < -0.3 is 14.5 Å². The van der Waals surface area contributed by atoms with E-state index in [0.29, 0.717) is 33.3 Å². The van der Waals surface area contributed by atoms with Crippen LogP contribution in [0, 0.1) is 6.92 Å². The third-order valence-electron chi connectivity index (χ3n) is 4.68. The third-order valence-corrected chi connectivity index (χ3v) is 5.66. The van der Waals surface area contributed by atoms with Gasteiger partial charge in [-0.3, -0.25) is 14.2 Å². The van der Waals surface area contributed by atoms with Gasteiger partial charge in [0.15, 0.2) is 5.16 Å². The van der Waals surface area contributed by atoms with E-state index in [1.54, 1.807) is 43.7 Å². The first kappa shape index (κ1) is 20.7. The van der Waals surface area contributed by atoms with Gasteiger partial charge in [-0.2, -0.15) is 0 Å². The molecule has 1 N–H and O–H groups in total. The first-order valence-electron chi connectivity index (χ1n) is 9.64. The first-order valence-corrected chi connectivity index (χ1v) is 10.6. The largest absolute Gasteiger partial charge is 0.495 e. The van der Waals surface area contributed by atoms with Crippen LogP contribution in [0.3, 0.4) is 0 Å². The summed E-state index contributed by atoms with van der Waals surface area (Å²) in [6.45, 7) is 2.18. The van der Waals surface area contributed by atoms with E-state index in [9.17, 15) is 9.59 Å². The maximum atomic E-state index is 13.1. The Kier molecular flexibility index (Phi) is 6.08. The molecule has 8 heteroatoms. The van der Waals surface area contributed by atoms with Gasteiger partial charge in [-0.1, -0.05) is 30.0 Å². The van der Waals surface area contributed by atoms with E-state index >= 15 is 0 Å². The summed E-state index contributed by atoms with van der Waals surface area (Å²) in [5, 5.41) is 3.84. The smallest absolute Gasteiger partial charge is 0.262 e. The number of aryl methyl sites for hydroxylation is 1. The molecule has 1 amide bonds. The van der Waals surface area contributed by atoms with Crippen molar-refractivity contribution in [3.8, 4) is 5.75 Å². The minimum absolute atomic E-state index is 0.0834. The first-order chi connectivity index (χ1) is 15.0. The van der Waals surface area contributed by atoms with Crippen LogP contribution in [-0.4, -0.2) is 28.3 Å². The van der Waals surface area contributed by atoms with Crippen LogP contribution in [0.2, 0.25) is 0 Å². The number of ether oxygens (including phenoxy) is 1. The van der Waals surface area contributed by atoms with Crippen molar-refractivity contribution in [3.05, 3.63) is 82.5 Å². The molecule has 0 atom stereocenters. The summed E-state index contributed by atoms with van der Waals surface area (Å²) in [6.07, 6.45) is 1.56. The van der Waals surface area contributed by atoms with Crippen LogP contribution in [0.1, 0.15) is 11.3 Å². The lowest BCUT2D eigenvalue weighted by Gasteiger charge is -2.13. The summed E-state index contributed by atoms with van der Waals surface area (Å²) < 4.78 is 12.3. The fraction of sp³-hybridized carbons (Fsp3) is 0.174. The molecular formula is C23H21N3O4S. The second-order valence-electron chi connectivity index (χ2n) is 6.92. The molecule has 7 nitrogen and oxygen atoms in total. The second-order valence-corrected chi connectivity index (χ2v) is 7.87. The molecule has 158 valence electrons. The zero-order valence-electron chi connectivity index (χ0n) is 17.1. The number of rotatable bonds is 7. The molecule has 0 fully saturated rings. The Morgan fingerprint density at radius 1 is 1.19 bits per heavy atom. The Bertz CT molecular complexity index is 1280. The number of thioether (sulfide) groups is 1. The lowest BCUT2D eigenvalue weighted by Crippen LogP contribution is -2.24. The van der Waals surface area contributed by atoms with E-state index in [1.807, 2.05) is 31.2 Å². The van der Waals surface area contributed by atoms with Crippen molar-refractivity contribution in [2.24, 2.45) is 0 Å². The predicted molar refractivity (Wildman–Crippen MR) is 121 cm³/mol. The van der Waals surface area contributed by atoms with E-state index in [0.717, 1.165) is 5.56 Å². The van der Waals surface area contributed by atoms with Crippen molar-refractivity contribution in [1.29, 1.82) is 0 Å². The molecule has 4 aromatic rings. The van der Waals surface area contributed by atoms with Crippen molar-refractivity contribution < 1.29 is 13.9 Å². The lowest BCUT2D eigenvalue weighted by atomic mass is 10.2. The monoisotopic (exact) mass is 435 g/mol. The van der Waals surface area contributed by atoms with E-state index in [1.165, 1.54) is 16.3 Å². The zero-order chi connectivity index (χ0) is 21.8. The van der Waals surface area contributed by atoms with Crippen LogP contribution >= 0.6 is 11.8 Å². The van der Waals surface area contributed by atoms with Gasteiger partial charge in [0.05, 0.1) is 42.3 Å². The maximum absolute atomic E-state index is 13.1. The standard InChI is InChI=1S/C23H21N3O4S/c1-15-9-10-20(29-2)19(12-15)24-21(27)14-31-23-25-18-8-4-3-7-17(18)22(28)26(23)13-16-6-5-11-30-16/h3-12H,13-14H2,1-2H3,(H,24,27). The van der Waals surface area contributed by atoms with Gasteiger partial charge in [-0.15, -0.1) is 0 Å². The summed E-state index contributed by atoms with van der Waals surface area (Å²) in [7, 11) is 1.56. The molecule has 0 radical (unpaired) electrons. The van der Waals surface area contributed by atoms with Gasteiger partial charge in [-0.05, 0) is 48.9 Å². The quantitative estimate of drug-likeness (QED) is 0.348. The number of carbonyl (C=O) groups excluding carboxylic acids is 1. The fourth-order valence-corrected chi connectivity index (χ4v) is 3.99. The molecule has 0 aliphatic rings. The van der Waals surface area contributed by atoms with E-state index in [2.05, 4.69) is 10.3 Å². The van der Waals surface area contributed by atoms with Crippen molar-refractivity contribution in [2.45, 2.75) is 18.6 Å². The SMILES string of the molecule is COc1ccc(C)cc1NC(=O)CSc1nc2ccccc2c(=O)n1Cc1ccco1. The third kappa shape index (κ3) is 4.64. The summed E-state index contributed by atoms with van der Waals surface area (Å²) in [5.41, 5.74) is 2.02. The Morgan fingerprint density at radius 2 is 2.03 bits per heavy atom. The molecule has 0 aliphatic carbocycles. The number of nitrogens with one attached hydrogen (secondary N) is 1. The number of para-hydroxylation sites is 1. The van der Waals surface area contributed by atoms with Crippen molar-refractivity contribution in [3.63, 3.8) is 0 Å². The van der Waals surface area contributed by atoms with Crippen LogP contribution in [0.4, 0.5) is 5.69 Å². The number of hydrogen-bond acceptors (Lipinski definition) is 6. The Hall–Kier alpha value is -3.52. The minimum atomic E-state index is -0.221.